The van der Waals surface area contributed by atoms with Crippen molar-refractivity contribution in [3.63, 3.8) is 0 Å². The Morgan fingerprint density at radius 1 is 1.08 bits per heavy atom. The molecule has 0 unspecified atom stereocenters. The van der Waals surface area contributed by atoms with Gasteiger partial charge in [0.25, 0.3) is 5.91 Å². The highest BCUT2D eigenvalue weighted by Crippen LogP contribution is 2.49. The summed E-state index contributed by atoms with van der Waals surface area (Å²) in [5.74, 6) is -0.575. The normalized spacial score (nSPS) is 19.2. The van der Waals surface area contributed by atoms with E-state index in [2.05, 4.69) is 10.6 Å². The number of ether oxygens (including phenoxy) is 2. The molecule has 0 aromatic heterocycles. The van der Waals surface area contributed by atoms with E-state index < -0.39 is 23.6 Å². The number of carbonyl (C=O) groups excluding carboxylic acids is 2. The summed E-state index contributed by atoms with van der Waals surface area (Å²) in [6.07, 6.45) is -3.67. The van der Waals surface area contributed by atoms with Crippen LogP contribution in [-0.2, 0) is 15.8 Å². The van der Waals surface area contributed by atoms with E-state index in [1.54, 1.807) is 25.1 Å². The molecule has 0 fully saturated rings. The highest BCUT2D eigenvalue weighted by Gasteiger charge is 2.43. The van der Waals surface area contributed by atoms with Crippen molar-refractivity contribution in [2.24, 2.45) is 5.41 Å². The van der Waals surface area contributed by atoms with Crippen molar-refractivity contribution < 1.29 is 32.2 Å². The molecular formula is C28H29F3N2O4. The molecule has 6 nitrogen and oxygen atoms in total. The SMILES string of the molecule is COc1ccc(OC)c([C@@H]2C(C(=O)Nc3cccc(C(F)(F)F)c3)=C(C)NC3=C2C(=O)CC(C)(C)C3)c1. The molecule has 1 aliphatic carbocycles. The highest BCUT2D eigenvalue weighted by molar-refractivity contribution is 6.10. The number of amides is 1. The molecule has 37 heavy (non-hydrogen) atoms. The second-order valence-electron chi connectivity index (χ2n) is 10.1. The molecule has 9 heteroatoms. The molecule has 0 radical (unpaired) electrons. The van der Waals surface area contributed by atoms with Gasteiger partial charge in [-0.2, -0.15) is 13.2 Å². The van der Waals surface area contributed by atoms with Crippen LogP contribution in [0.5, 0.6) is 11.5 Å². The van der Waals surface area contributed by atoms with Crippen LogP contribution >= 0.6 is 0 Å². The minimum absolute atomic E-state index is 0.00707. The first-order valence-electron chi connectivity index (χ1n) is 11.8. The Hall–Kier alpha value is -3.75. The number of rotatable bonds is 5. The van der Waals surface area contributed by atoms with Crippen molar-refractivity contribution in [1.29, 1.82) is 0 Å². The van der Waals surface area contributed by atoms with Gasteiger partial charge in [0.1, 0.15) is 11.5 Å². The van der Waals surface area contributed by atoms with Gasteiger partial charge in [0.05, 0.1) is 25.7 Å². The molecule has 4 rings (SSSR count). The standard InChI is InChI=1S/C28H29F3N2O4/c1-15-23(26(35)33-17-8-6-7-16(11-17)28(29,30)31)24(19-12-18(36-4)9-10-22(19)37-5)25-20(32-15)13-27(2,3)14-21(25)34/h6-12,24,32H,13-14H2,1-5H3,(H,33,35)/t24-/m1/s1. The van der Waals surface area contributed by atoms with Crippen LogP contribution in [0.4, 0.5) is 18.9 Å². The average molecular weight is 515 g/mol. The number of methoxy groups -OCH3 is 2. The molecular weight excluding hydrogens is 485 g/mol. The van der Waals surface area contributed by atoms with Gasteiger partial charge in [-0.1, -0.05) is 19.9 Å². The van der Waals surface area contributed by atoms with Crippen molar-refractivity contribution in [2.45, 2.75) is 45.7 Å². The van der Waals surface area contributed by atoms with Gasteiger partial charge in [-0.3, -0.25) is 9.59 Å². The fraction of sp³-hybridized carbons (Fsp3) is 0.357. The molecule has 2 N–H and O–H groups in total. The van der Waals surface area contributed by atoms with E-state index >= 15 is 0 Å². The third-order valence-corrected chi connectivity index (χ3v) is 6.68. The lowest BCUT2D eigenvalue weighted by Crippen LogP contribution is -2.39. The van der Waals surface area contributed by atoms with E-state index in [9.17, 15) is 22.8 Å². The van der Waals surface area contributed by atoms with Crippen molar-refractivity contribution in [2.75, 3.05) is 19.5 Å². The van der Waals surface area contributed by atoms with Crippen molar-refractivity contribution >= 4 is 17.4 Å². The summed E-state index contributed by atoms with van der Waals surface area (Å²) in [6, 6.07) is 9.57. The summed E-state index contributed by atoms with van der Waals surface area (Å²) in [4.78, 5) is 27.2. The maximum Gasteiger partial charge on any atom is 0.416 e. The van der Waals surface area contributed by atoms with Gasteiger partial charge in [0.15, 0.2) is 5.78 Å². The summed E-state index contributed by atoms with van der Waals surface area (Å²) in [6.45, 7) is 5.73. The molecule has 1 amide bonds. The fourth-order valence-corrected chi connectivity index (χ4v) is 5.08. The lowest BCUT2D eigenvalue weighted by molar-refractivity contribution is -0.137. The molecule has 2 aliphatic rings. The molecule has 196 valence electrons. The number of hydrogen-bond acceptors (Lipinski definition) is 5. The van der Waals surface area contributed by atoms with E-state index in [1.165, 1.54) is 26.4 Å². The Morgan fingerprint density at radius 3 is 2.46 bits per heavy atom. The number of benzene rings is 2. The van der Waals surface area contributed by atoms with Crippen LogP contribution in [0.3, 0.4) is 0 Å². The molecule has 2 aromatic carbocycles. The Bertz CT molecular complexity index is 1320. The lowest BCUT2D eigenvalue weighted by atomic mass is 9.68. The van der Waals surface area contributed by atoms with Crippen LogP contribution in [0.1, 0.15) is 50.7 Å². The molecule has 1 atom stereocenters. The van der Waals surface area contributed by atoms with Crippen molar-refractivity contribution in [3.05, 3.63) is 76.1 Å². The maximum atomic E-state index is 13.7. The summed E-state index contributed by atoms with van der Waals surface area (Å²) < 4.78 is 50.8. The molecule has 0 bridgehead atoms. The Morgan fingerprint density at radius 2 is 1.81 bits per heavy atom. The number of allylic oxidation sites excluding steroid dienone is 3. The number of Topliss-reactive ketones (excluding diaryl/α,β-unsaturated/α-hetero) is 1. The Balaban J connectivity index is 1.85. The second kappa shape index (κ2) is 9.61. The lowest BCUT2D eigenvalue weighted by Gasteiger charge is -2.40. The van der Waals surface area contributed by atoms with Crippen molar-refractivity contribution in [3.8, 4) is 11.5 Å². The smallest absolute Gasteiger partial charge is 0.416 e. The Kier molecular flexibility index (Phi) is 6.83. The zero-order valence-corrected chi connectivity index (χ0v) is 21.3. The summed E-state index contributed by atoms with van der Waals surface area (Å²) in [5, 5.41) is 5.85. The number of hydrogen-bond donors (Lipinski definition) is 2. The van der Waals surface area contributed by atoms with E-state index in [0.717, 1.165) is 17.8 Å². The van der Waals surface area contributed by atoms with Crippen LogP contribution in [-0.4, -0.2) is 25.9 Å². The zero-order valence-electron chi connectivity index (χ0n) is 21.3. The third kappa shape index (κ3) is 5.21. The number of anilines is 1. The largest absolute Gasteiger partial charge is 0.497 e. The molecule has 1 heterocycles. The maximum absolute atomic E-state index is 13.7. The fourth-order valence-electron chi connectivity index (χ4n) is 5.08. The molecule has 1 aliphatic heterocycles. The Labute approximate surface area is 213 Å². The highest BCUT2D eigenvalue weighted by atomic mass is 19.4. The number of alkyl halides is 3. The first kappa shape index (κ1) is 26.3. The van der Waals surface area contributed by atoms with E-state index in [4.69, 9.17) is 9.47 Å². The van der Waals surface area contributed by atoms with Crippen LogP contribution in [0.15, 0.2) is 65.0 Å². The van der Waals surface area contributed by atoms with E-state index in [1.807, 2.05) is 13.8 Å². The van der Waals surface area contributed by atoms with E-state index in [-0.39, 0.29) is 28.9 Å². The molecule has 2 aromatic rings. The number of dihydropyridines is 1. The summed E-state index contributed by atoms with van der Waals surface area (Å²) in [7, 11) is 3.00. The van der Waals surface area contributed by atoms with Gasteiger partial charge in [-0.15, -0.1) is 0 Å². The predicted molar refractivity (Wildman–Crippen MR) is 133 cm³/mol. The van der Waals surface area contributed by atoms with Gasteiger partial charge in [0, 0.05) is 40.2 Å². The molecule has 0 saturated carbocycles. The zero-order chi connectivity index (χ0) is 27.1. The van der Waals surface area contributed by atoms with Gasteiger partial charge >= 0.3 is 6.18 Å². The number of carbonyl (C=O) groups is 2. The minimum atomic E-state index is -4.56. The predicted octanol–water partition coefficient (Wildman–Crippen LogP) is 5.97. The second-order valence-corrected chi connectivity index (χ2v) is 10.1. The van der Waals surface area contributed by atoms with Gasteiger partial charge in [-0.05, 0) is 55.2 Å². The first-order chi connectivity index (χ1) is 17.3. The minimum Gasteiger partial charge on any atom is -0.497 e. The number of ketones is 1. The van der Waals surface area contributed by atoms with Crippen LogP contribution in [0.2, 0.25) is 0 Å². The third-order valence-electron chi connectivity index (χ3n) is 6.68. The monoisotopic (exact) mass is 514 g/mol. The average Bonchev–Trinajstić information content (AvgIpc) is 2.81. The van der Waals surface area contributed by atoms with Crippen molar-refractivity contribution in [1.82, 2.24) is 5.32 Å². The van der Waals surface area contributed by atoms with Crippen LogP contribution in [0, 0.1) is 5.41 Å². The van der Waals surface area contributed by atoms with Gasteiger partial charge in [0.2, 0.25) is 0 Å². The topological polar surface area (TPSA) is 76.7 Å². The van der Waals surface area contributed by atoms with Crippen LogP contribution in [0.25, 0.3) is 0 Å². The number of halogens is 3. The first-order valence-corrected chi connectivity index (χ1v) is 11.8. The molecule has 0 spiro atoms. The molecule has 0 saturated heterocycles. The van der Waals surface area contributed by atoms with Gasteiger partial charge in [-0.25, -0.2) is 0 Å². The quantitative estimate of drug-likeness (QED) is 0.515. The van der Waals surface area contributed by atoms with Gasteiger partial charge < -0.3 is 20.1 Å². The van der Waals surface area contributed by atoms with Crippen LogP contribution < -0.4 is 20.1 Å². The summed E-state index contributed by atoms with van der Waals surface area (Å²) >= 11 is 0. The number of nitrogens with one attached hydrogen (secondary N) is 2. The summed E-state index contributed by atoms with van der Waals surface area (Å²) in [5.41, 5.74) is 1.29. The van der Waals surface area contributed by atoms with E-state index in [0.29, 0.717) is 34.8 Å².